The van der Waals surface area contributed by atoms with Gasteiger partial charge >= 0.3 is 0 Å². The molecule has 0 radical (unpaired) electrons. The van der Waals surface area contributed by atoms with Crippen molar-refractivity contribution in [2.75, 3.05) is 58.9 Å². The molecule has 13 nitrogen and oxygen atoms in total. The molecule has 1 aliphatic carbocycles. The Kier molecular flexibility index (Phi) is 16.2. The molecule has 1 aromatic rings. The highest BCUT2D eigenvalue weighted by atomic mass is 16.3. The SMILES string of the molecule is O=C(CNC(=O)[C@H](CC1CCCCC1)NC(=O)c1ccco1)NCC(=O)N[C@@H](CCCN1CCCCC1)C(=O)NCCN1CCCCC1. The summed E-state index contributed by atoms with van der Waals surface area (Å²) in [4.78, 5) is 69.2. The quantitative estimate of drug-likeness (QED) is 0.158. The molecule has 5 N–H and O–H groups in total. The maximum absolute atomic E-state index is 13.1. The van der Waals surface area contributed by atoms with Gasteiger partial charge in [0, 0.05) is 13.1 Å². The van der Waals surface area contributed by atoms with Gasteiger partial charge in [-0.25, -0.2) is 0 Å². The van der Waals surface area contributed by atoms with E-state index in [0.29, 0.717) is 25.3 Å². The first kappa shape index (κ1) is 37.4. The summed E-state index contributed by atoms with van der Waals surface area (Å²) in [6, 6.07) is 1.62. The molecule has 0 spiro atoms. The van der Waals surface area contributed by atoms with Gasteiger partial charge < -0.3 is 40.8 Å². The minimum absolute atomic E-state index is 0.112. The van der Waals surface area contributed by atoms with Crippen molar-refractivity contribution < 1.29 is 28.4 Å². The summed E-state index contributed by atoms with van der Waals surface area (Å²) in [6.45, 7) is 5.76. The molecule has 1 saturated carbocycles. The number of nitrogens with zero attached hydrogens (tertiary/aromatic N) is 2. The van der Waals surface area contributed by atoms with Crippen LogP contribution in [0.4, 0.5) is 0 Å². The van der Waals surface area contributed by atoms with E-state index < -0.39 is 35.7 Å². The largest absolute Gasteiger partial charge is 0.459 e. The Morgan fingerprint density at radius 2 is 1.33 bits per heavy atom. The lowest BCUT2D eigenvalue weighted by Gasteiger charge is -2.28. The Balaban J connectivity index is 1.21. The van der Waals surface area contributed by atoms with E-state index in [1.165, 1.54) is 57.3 Å². The molecule has 48 heavy (non-hydrogen) atoms. The van der Waals surface area contributed by atoms with E-state index in [9.17, 15) is 24.0 Å². The number of amides is 5. The van der Waals surface area contributed by atoms with Crippen molar-refractivity contribution in [1.29, 1.82) is 0 Å². The third kappa shape index (κ3) is 13.6. The van der Waals surface area contributed by atoms with Gasteiger partial charge in [0.2, 0.25) is 23.6 Å². The van der Waals surface area contributed by atoms with Crippen LogP contribution in [0.5, 0.6) is 0 Å². The zero-order valence-corrected chi connectivity index (χ0v) is 28.6. The fourth-order valence-corrected chi connectivity index (χ4v) is 7.02. The molecule has 5 amide bonds. The lowest BCUT2D eigenvalue weighted by Crippen LogP contribution is -2.52. The average Bonchev–Trinajstić information content (AvgIpc) is 3.66. The third-order valence-electron chi connectivity index (χ3n) is 9.77. The predicted molar refractivity (Wildman–Crippen MR) is 182 cm³/mol. The molecule has 4 rings (SSSR count). The van der Waals surface area contributed by atoms with E-state index in [0.717, 1.165) is 71.4 Å². The van der Waals surface area contributed by atoms with Crippen molar-refractivity contribution >= 4 is 29.5 Å². The van der Waals surface area contributed by atoms with E-state index in [1.807, 2.05) is 0 Å². The van der Waals surface area contributed by atoms with E-state index >= 15 is 0 Å². The van der Waals surface area contributed by atoms with Crippen LogP contribution >= 0.6 is 0 Å². The maximum atomic E-state index is 13.1. The number of hydrogen-bond donors (Lipinski definition) is 5. The molecule has 3 heterocycles. The van der Waals surface area contributed by atoms with Crippen LogP contribution in [0.25, 0.3) is 0 Å². The summed E-state index contributed by atoms with van der Waals surface area (Å²) < 4.78 is 5.18. The van der Waals surface area contributed by atoms with Gasteiger partial charge in [0.1, 0.15) is 12.1 Å². The Morgan fingerprint density at radius 3 is 2.00 bits per heavy atom. The van der Waals surface area contributed by atoms with E-state index in [1.54, 1.807) is 6.07 Å². The number of nitrogens with one attached hydrogen (secondary N) is 5. The molecule has 0 unspecified atom stereocenters. The summed E-state index contributed by atoms with van der Waals surface area (Å²) in [7, 11) is 0. The van der Waals surface area contributed by atoms with E-state index in [4.69, 9.17) is 4.42 Å². The van der Waals surface area contributed by atoms with Gasteiger partial charge in [-0.2, -0.15) is 0 Å². The Hall–Kier alpha value is -3.45. The molecule has 0 bridgehead atoms. The van der Waals surface area contributed by atoms with Crippen molar-refractivity contribution in [3.63, 3.8) is 0 Å². The molecule has 3 fully saturated rings. The minimum atomic E-state index is -0.819. The molecule has 268 valence electrons. The number of hydrogen-bond acceptors (Lipinski definition) is 8. The first-order valence-electron chi connectivity index (χ1n) is 18.3. The van der Waals surface area contributed by atoms with Crippen LogP contribution in [0, 0.1) is 5.92 Å². The highest BCUT2D eigenvalue weighted by Crippen LogP contribution is 2.27. The molecular weight excluding hydrogens is 614 g/mol. The van der Waals surface area contributed by atoms with Crippen molar-refractivity contribution in [2.24, 2.45) is 5.92 Å². The van der Waals surface area contributed by atoms with Gasteiger partial charge in [-0.1, -0.05) is 44.9 Å². The van der Waals surface area contributed by atoms with Crippen molar-refractivity contribution in [1.82, 2.24) is 36.4 Å². The van der Waals surface area contributed by atoms with Gasteiger partial charge in [-0.05, 0) is 95.7 Å². The van der Waals surface area contributed by atoms with Crippen LogP contribution in [-0.4, -0.2) is 110 Å². The number of furan rings is 1. The smallest absolute Gasteiger partial charge is 0.287 e. The first-order valence-corrected chi connectivity index (χ1v) is 18.3. The standard InChI is InChI=1S/C35H57N7O6/c43-31(25-38-34(46)29(24-27-12-4-1-5-13-27)40-35(47)30-15-11-23-48-30)37-26-32(44)39-28(14-10-21-41-17-6-2-7-18-41)33(45)36-16-22-42-19-8-3-9-20-42/h11,15,23,27-29H,1-10,12-14,16-22,24-26H2,(H,36,45)(H,37,43)(H,38,46)(H,39,44)(H,40,47)/t28-,29-/m0/s1. The highest BCUT2D eigenvalue weighted by molar-refractivity contribution is 5.96. The molecule has 2 atom stereocenters. The molecule has 1 aromatic heterocycles. The molecule has 13 heteroatoms. The summed E-state index contributed by atoms with van der Waals surface area (Å²) >= 11 is 0. The van der Waals surface area contributed by atoms with Crippen LogP contribution in [0.1, 0.15) is 100 Å². The summed E-state index contributed by atoms with van der Waals surface area (Å²) in [6.07, 6.45) is 15.8. The first-order chi connectivity index (χ1) is 23.4. The third-order valence-corrected chi connectivity index (χ3v) is 9.77. The van der Waals surface area contributed by atoms with E-state index in [2.05, 4.69) is 36.4 Å². The van der Waals surface area contributed by atoms with Crippen LogP contribution in [-0.2, 0) is 19.2 Å². The number of likely N-dealkylation sites (tertiary alicyclic amines) is 2. The summed E-state index contributed by atoms with van der Waals surface area (Å²) in [5, 5.41) is 13.7. The summed E-state index contributed by atoms with van der Waals surface area (Å²) in [5.41, 5.74) is 0. The van der Waals surface area contributed by atoms with Crippen LogP contribution in [0.3, 0.4) is 0 Å². The second-order valence-electron chi connectivity index (χ2n) is 13.6. The van der Waals surface area contributed by atoms with Crippen molar-refractivity contribution in [2.45, 2.75) is 102 Å². The van der Waals surface area contributed by atoms with Gasteiger partial charge in [0.05, 0.1) is 19.4 Å². The lowest BCUT2D eigenvalue weighted by atomic mass is 9.84. The highest BCUT2D eigenvalue weighted by Gasteiger charge is 2.28. The van der Waals surface area contributed by atoms with Gasteiger partial charge in [0.25, 0.3) is 5.91 Å². The van der Waals surface area contributed by atoms with E-state index in [-0.39, 0.29) is 24.8 Å². The Bertz CT molecular complexity index is 1140. The normalized spacial score (nSPS) is 19.1. The van der Waals surface area contributed by atoms with Gasteiger partial charge in [0.15, 0.2) is 5.76 Å². The number of carbonyl (C=O) groups excluding carboxylic acids is 5. The van der Waals surface area contributed by atoms with Crippen molar-refractivity contribution in [3.8, 4) is 0 Å². The molecule has 3 aliphatic rings. The Morgan fingerprint density at radius 1 is 0.708 bits per heavy atom. The summed E-state index contributed by atoms with van der Waals surface area (Å²) in [5.74, 6) is -1.75. The molecule has 0 aromatic carbocycles. The van der Waals surface area contributed by atoms with Crippen LogP contribution in [0.15, 0.2) is 22.8 Å². The fourth-order valence-electron chi connectivity index (χ4n) is 7.02. The maximum Gasteiger partial charge on any atom is 0.287 e. The number of carbonyl (C=O) groups is 5. The Labute approximate surface area is 285 Å². The molecular formula is C35H57N7O6. The molecule has 2 saturated heterocycles. The van der Waals surface area contributed by atoms with Crippen molar-refractivity contribution in [3.05, 3.63) is 24.2 Å². The lowest BCUT2D eigenvalue weighted by molar-refractivity contribution is -0.130. The molecule has 2 aliphatic heterocycles. The second kappa shape index (κ2) is 20.8. The second-order valence-corrected chi connectivity index (χ2v) is 13.6. The zero-order valence-electron chi connectivity index (χ0n) is 28.6. The van der Waals surface area contributed by atoms with Gasteiger partial charge in [-0.15, -0.1) is 0 Å². The monoisotopic (exact) mass is 671 g/mol. The van der Waals surface area contributed by atoms with Gasteiger partial charge in [-0.3, -0.25) is 24.0 Å². The fraction of sp³-hybridized carbons (Fsp3) is 0.743. The topological polar surface area (TPSA) is 165 Å². The van der Waals surface area contributed by atoms with Crippen LogP contribution in [0.2, 0.25) is 0 Å². The average molecular weight is 672 g/mol. The zero-order chi connectivity index (χ0) is 34.0. The van der Waals surface area contributed by atoms with Crippen LogP contribution < -0.4 is 26.6 Å². The predicted octanol–water partition coefficient (Wildman–Crippen LogP) is 1.93. The minimum Gasteiger partial charge on any atom is -0.459 e. The number of rotatable bonds is 18. The number of piperidine rings is 2.